The number of carboxylic acids is 1. The molecular weight excluding hydrogens is 295 g/mol. The summed E-state index contributed by atoms with van der Waals surface area (Å²) in [4.78, 5) is 11.5. The van der Waals surface area contributed by atoms with Crippen LogP contribution in [0.5, 0.6) is 0 Å². The van der Waals surface area contributed by atoms with Crippen molar-refractivity contribution in [2.45, 2.75) is 84.5 Å². The molecule has 0 aromatic heterocycles. The second-order valence-electron chi connectivity index (χ2n) is 6.86. The minimum absolute atomic E-state index is 0. The third-order valence-corrected chi connectivity index (χ3v) is 4.42. The van der Waals surface area contributed by atoms with Gasteiger partial charge in [-0.1, -0.05) is 71.6 Å². The van der Waals surface area contributed by atoms with Gasteiger partial charge in [0, 0.05) is 5.41 Å². The van der Waals surface area contributed by atoms with Crippen molar-refractivity contribution >= 4 is 5.97 Å². The molecule has 0 aliphatic heterocycles. The van der Waals surface area contributed by atoms with E-state index < -0.39 is 11.4 Å². The van der Waals surface area contributed by atoms with Crippen LogP contribution in [0.4, 0.5) is 0 Å². The van der Waals surface area contributed by atoms with E-state index in [4.69, 9.17) is 0 Å². The molecule has 0 atom stereocenters. The van der Waals surface area contributed by atoms with Crippen LogP contribution < -0.4 is 34.7 Å². The first-order chi connectivity index (χ1) is 10.4. The third kappa shape index (κ3) is 7.41. The Morgan fingerprint density at radius 1 is 0.913 bits per heavy atom. The van der Waals surface area contributed by atoms with E-state index in [-0.39, 0.29) is 29.6 Å². The van der Waals surface area contributed by atoms with Crippen molar-refractivity contribution in [2.24, 2.45) is 0 Å². The van der Waals surface area contributed by atoms with Gasteiger partial charge in [-0.2, -0.15) is 0 Å². The average molecular weight is 326 g/mol. The quantitative estimate of drug-likeness (QED) is 0.478. The minimum Gasteiger partial charge on any atom is -0.549 e. The Bertz CT molecular complexity index is 452. The molecule has 0 aliphatic rings. The normalized spacial score (nSPS) is 11.1. The molecule has 0 unspecified atom stereocenters. The third-order valence-electron chi connectivity index (χ3n) is 4.42. The summed E-state index contributed by atoms with van der Waals surface area (Å²) in [6, 6.07) is 6.39. The zero-order chi connectivity index (χ0) is 16.6. The van der Waals surface area contributed by atoms with Crippen LogP contribution in [-0.4, -0.2) is 5.97 Å². The molecule has 0 radical (unpaired) electrons. The van der Waals surface area contributed by atoms with E-state index in [2.05, 4.69) is 32.0 Å². The van der Waals surface area contributed by atoms with Gasteiger partial charge < -0.3 is 9.90 Å². The van der Waals surface area contributed by atoms with Gasteiger partial charge in [0.25, 0.3) is 0 Å². The van der Waals surface area contributed by atoms with Gasteiger partial charge in [-0.15, -0.1) is 0 Å². The number of hydrogen-bond acceptors (Lipinski definition) is 2. The monoisotopic (exact) mass is 326 g/mol. The summed E-state index contributed by atoms with van der Waals surface area (Å²) in [5, 5.41) is 11.5. The Morgan fingerprint density at radius 2 is 1.35 bits per heavy atom. The summed E-state index contributed by atoms with van der Waals surface area (Å²) in [7, 11) is 0. The van der Waals surface area contributed by atoms with Crippen molar-refractivity contribution in [1.29, 1.82) is 0 Å². The van der Waals surface area contributed by atoms with Crippen LogP contribution in [0.2, 0.25) is 0 Å². The number of benzene rings is 1. The van der Waals surface area contributed by atoms with E-state index >= 15 is 0 Å². The number of aliphatic carboxylic acids is 1. The molecule has 1 aromatic carbocycles. The number of aryl methyl sites for hydroxylation is 2. The van der Waals surface area contributed by atoms with Gasteiger partial charge in [0.05, 0.1) is 5.97 Å². The van der Waals surface area contributed by atoms with E-state index in [9.17, 15) is 9.90 Å². The molecule has 1 aromatic rings. The minimum atomic E-state index is -1.00. The van der Waals surface area contributed by atoms with Crippen LogP contribution in [0.25, 0.3) is 0 Å². The number of carbonyl (C=O) groups excluding carboxylic acids is 1. The Kier molecular flexibility index (Phi) is 11.1. The van der Waals surface area contributed by atoms with E-state index in [1.165, 1.54) is 49.7 Å². The van der Waals surface area contributed by atoms with Crippen molar-refractivity contribution in [1.82, 2.24) is 0 Å². The van der Waals surface area contributed by atoms with Crippen molar-refractivity contribution in [3.63, 3.8) is 0 Å². The molecule has 0 heterocycles. The molecule has 2 nitrogen and oxygen atoms in total. The van der Waals surface area contributed by atoms with Gasteiger partial charge in [-0.05, 0) is 42.4 Å². The second kappa shape index (κ2) is 11.3. The molecule has 3 heteroatoms. The Labute approximate surface area is 164 Å². The summed E-state index contributed by atoms with van der Waals surface area (Å²) in [5.74, 6) is -1.00. The van der Waals surface area contributed by atoms with Gasteiger partial charge >= 0.3 is 29.6 Å². The molecular formula is C20H31NaO2. The van der Waals surface area contributed by atoms with Crippen LogP contribution in [0.1, 0.15) is 82.9 Å². The zero-order valence-electron chi connectivity index (χ0n) is 15.7. The van der Waals surface area contributed by atoms with Gasteiger partial charge in [0.1, 0.15) is 0 Å². The first-order valence-corrected chi connectivity index (χ1v) is 8.76. The number of rotatable bonds is 10. The summed E-state index contributed by atoms with van der Waals surface area (Å²) in [6.07, 6.45) is 9.25. The van der Waals surface area contributed by atoms with Crippen molar-refractivity contribution in [2.75, 3.05) is 0 Å². The van der Waals surface area contributed by atoms with Gasteiger partial charge in [0.2, 0.25) is 0 Å². The van der Waals surface area contributed by atoms with E-state index in [1.54, 1.807) is 13.8 Å². The largest absolute Gasteiger partial charge is 1.00 e. The van der Waals surface area contributed by atoms with E-state index in [0.29, 0.717) is 0 Å². The molecule has 23 heavy (non-hydrogen) atoms. The Hall–Kier alpha value is -0.310. The number of carbonyl (C=O) groups is 1. The SMILES string of the molecule is CCCCCc1cc(CCCCC)cc(C(C)(C)C(=O)[O-])c1.[Na+]. The van der Waals surface area contributed by atoms with E-state index in [0.717, 1.165) is 18.4 Å². The number of carboxylic acid groups (broad SMARTS) is 1. The fourth-order valence-corrected chi connectivity index (χ4v) is 2.69. The molecule has 0 saturated heterocycles. The van der Waals surface area contributed by atoms with Crippen molar-refractivity contribution in [3.8, 4) is 0 Å². The van der Waals surface area contributed by atoms with Crippen LogP contribution >= 0.6 is 0 Å². The Balaban J connectivity index is 0.00000484. The summed E-state index contributed by atoms with van der Waals surface area (Å²) < 4.78 is 0. The van der Waals surface area contributed by atoms with Gasteiger partial charge in [0.15, 0.2) is 0 Å². The van der Waals surface area contributed by atoms with Crippen LogP contribution in [0.3, 0.4) is 0 Å². The van der Waals surface area contributed by atoms with Gasteiger partial charge in [-0.3, -0.25) is 0 Å². The molecule has 1 rings (SSSR count). The summed E-state index contributed by atoms with van der Waals surface area (Å²) >= 11 is 0. The molecule has 0 bridgehead atoms. The molecule has 0 saturated carbocycles. The fourth-order valence-electron chi connectivity index (χ4n) is 2.69. The predicted octanol–water partition coefficient (Wildman–Crippen LogP) is 1.18. The summed E-state index contributed by atoms with van der Waals surface area (Å²) in [5.41, 5.74) is 2.49. The van der Waals surface area contributed by atoms with E-state index in [1.807, 2.05) is 0 Å². The average Bonchev–Trinajstić information content (AvgIpc) is 2.47. The van der Waals surface area contributed by atoms with Crippen molar-refractivity contribution in [3.05, 3.63) is 34.9 Å². The maximum absolute atomic E-state index is 11.5. The topological polar surface area (TPSA) is 40.1 Å². The standard InChI is InChI=1S/C20H32O2.Na/c1-5-7-9-11-16-13-17(12-10-8-6-2)15-18(14-16)20(3,4)19(21)22;/h13-15H,5-12H2,1-4H3,(H,21,22);/q;+1/p-1. The molecule has 0 N–H and O–H groups in total. The zero-order valence-corrected chi connectivity index (χ0v) is 17.7. The first-order valence-electron chi connectivity index (χ1n) is 8.76. The fraction of sp³-hybridized carbons (Fsp3) is 0.650. The number of unbranched alkanes of at least 4 members (excludes halogenated alkanes) is 4. The molecule has 0 fully saturated rings. The number of hydrogen-bond donors (Lipinski definition) is 0. The van der Waals surface area contributed by atoms with Crippen LogP contribution in [0.15, 0.2) is 18.2 Å². The van der Waals surface area contributed by atoms with Gasteiger partial charge in [-0.25, -0.2) is 0 Å². The van der Waals surface area contributed by atoms with Crippen LogP contribution in [0, 0.1) is 0 Å². The van der Waals surface area contributed by atoms with Crippen LogP contribution in [-0.2, 0) is 23.1 Å². The maximum atomic E-state index is 11.5. The molecule has 0 aliphatic carbocycles. The Morgan fingerprint density at radius 3 is 1.70 bits per heavy atom. The maximum Gasteiger partial charge on any atom is 1.00 e. The first kappa shape index (κ1) is 22.7. The predicted molar refractivity (Wildman–Crippen MR) is 90.9 cm³/mol. The summed E-state index contributed by atoms with van der Waals surface area (Å²) in [6.45, 7) is 7.88. The smallest absolute Gasteiger partial charge is 0.549 e. The molecule has 0 amide bonds. The molecule has 124 valence electrons. The molecule has 0 spiro atoms. The second-order valence-corrected chi connectivity index (χ2v) is 6.86. The van der Waals surface area contributed by atoms with Crippen molar-refractivity contribution < 1.29 is 39.5 Å².